The number of hydrogen-bond donors (Lipinski definition) is 1. The molecule has 2 rings (SSSR count). The van der Waals surface area contributed by atoms with Gasteiger partial charge in [0.2, 0.25) is 11.4 Å². The van der Waals surface area contributed by atoms with Gasteiger partial charge in [0.1, 0.15) is 0 Å². The van der Waals surface area contributed by atoms with E-state index in [-0.39, 0.29) is 19.8 Å². The molecule has 1 aliphatic rings. The summed E-state index contributed by atoms with van der Waals surface area (Å²) in [5.74, 6) is -1.49. The number of esters is 2. The van der Waals surface area contributed by atoms with Crippen molar-refractivity contribution in [1.82, 2.24) is 10.2 Å². The highest BCUT2D eigenvalue weighted by Gasteiger charge is 2.51. The lowest BCUT2D eigenvalue weighted by atomic mass is 9.89. The lowest BCUT2D eigenvalue weighted by Crippen LogP contribution is -2.66. The Labute approximate surface area is 172 Å². The van der Waals surface area contributed by atoms with Gasteiger partial charge in [0.15, 0.2) is 0 Å². The van der Waals surface area contributed by atoms with Crippen molar-refractivity contribution in [2.75, 3.05) is 32.8 Å². The molecule has 1 amide bonds. The molecule has 1 aromatic rings. The van der Waals surface area contributed by atoms with Gasteiger partial charge in [-0.15, -0.1) is 0 Å². The molecular weight excluding hydrogens is 372 g/mol. The molecule has 0 atom stereocenters. The van der Waals surface area contributed by atoms with Crippen molar-refractivity contribution < 1.29 is 23.9 Å². The number of carbonyl (C=O) groups is 3. The molecule has 0 spiro atoms. The minimum absolute atomic E-state index is 0.0440. The number of benzene rings is 1. The normalized spacial score (nSPS) is 15.6. The molecule has 1 heterocycles. The molecule has 0 aliphatic carbocycles. The van der Waals surface area contributed by atoms with Gasteiger partial charge in [-0.3, -0.25) is 9.69 Å². The molecule has 0 saturated carbocycles. The first-order valence-corrected chi connectivity index (χ1v) is 10.3. The topological polar surface area (TPSA) is 84.9 Å². The molecule has 29 heavy (non-hydrogen) atoms. The first-order valence-electron chi connectivity index (χ1n) is 10.3. The number of amides is 1. The second-order valence-corrected chi connectivity index (χ2v) is 7.44. The van der Waals surface area contributed by atoms with Crippen LogP contribution in [0.15, 0.2) is 30.3 Å². The maximum atomic E-state index is 12.7. The number of ether oxygens (including phenoxy) is 2. The minimum Gasteiger partial charge on any atom is -0.464 e. The Morgan fingerprint density at radius 3 is 2.07 bits per heavy atom. The fraction of sp³-hybridized carbons (Fsp3) is 0.591. The molecule has 0 radical (unpaired) electrons. The van der Waals surface area contributed by atoms with Gasteiger partial charge < -0.3 is 14.8 Å². The van der Waals surface area contributed by atoms with Crippen LogP contribution in [-0.4, -0.2) is 61.1 Å². The van der Waals surface area contributed by atoms with E-state index < -0.39 is 23.4 Å². The standard InChI is InChI=1S/C22H32N2O5/c1-4-28-20(26)22(23-17(3)25,21(27)29-5-2)16-24-13-11-19(12-14-24)15-18-9-7-6-8-10-18/h6-10,19H,4-5,11-16H2,1-3H3,(H,23,25). The molecule has 160 valence electrons. The van der Waals surface area contributed by atoms with Gasteiger partial charge in [0, 0.05) is 13.5 Å². The Kier molecular flexibility index (Phi) is 8.64. The Balaban J connectivity index is 2.09. The van der Waals surface area contributed by atoms with Gasteiger partial charge in [0.05, 0.1) is 13.2 Å². The summed E-state index contributed by atoms with van der Waals surface area (Å²) in [7, 11) is 0. The van der Waals surface area contributed by atoms with Gasteiger partial charge >= 0.3 is 11.9 Å². The Morgan fingerprint density at radius 2 is 1.59 bits per heavy atom. The number of nitrogens with zero attached hydrogens (tertiary/aromatic N) is 1. The predicted molar refractivity (Wildman–Crippen MR) is 109 cm³/mol. The second-order valence-electron chi connectivity index (χ2n) is 7.44. The zero-order valence-corrected chi connectivity index (χ0v) is 17.6. The SMILES string of the molecule is CCOC(=O)C(CN1CCC(Cc2ccccc2)CC1)(NC(C)=O)C(=O)OCC. The molecule has 1 aromatic carbocycles. The van der Waals surface area contributed by atoms with Crippen molar-refractivity contribution in [3.8, 4) is 0 Å². The van der Waals surface area contributed by atoms with Crippen LogP contribution in [0.1, 0.15) is 39.2 Å². The van der Waals surface area contributed by atoms with E-state index in [4.69, 9.17) is 9.47 Å². The van der Waals surface area contributed by atoms with Gasteiger partial charge in [0.25, 0.3) is 0 Å². The molecule has 1 fully saturated rings. The van der Waals surface area contributed by atoms with Crippen LogP contribution in [0.5, 0.6) is 0 Å². The number of hydrogen-bond acceptors (Lipinski definition) is 6. The van der Waals surface area contributed by atoms with E-state index in [1.54, 1.807) is 13.8 Å². The average molecular weight is 405 g/mol. The molecule has 0 unspecified atom stereocenters. The fourth-order valence-electron chi connectivity index (χ4n) is 3.79. The molecule has 1 N–H and O–H groups in total. The molecule has 1 saturated heterocycles. The van der Waals surface area contributed by atoms with Gasteiger partial charge in [-0.2, -0.15) is 0 Å². The van der Waals surface area contributed by atoms with Crippen molar-refractivity contribution in [2.45, 2.75) is 45.6 Å². The molecular formula is C22H32N2O5. The van der Waals surface area contributed by atoms with E-state index in [1.165, 1.54) is 12.5 Å². The summed E-state index contributed by atoms with van der Waals surface area (Å²) in [4.78, 5) is 39.3. The largest absolute Gasteiger partial charge is 0.464 e. The number of carbonyl (C=O) groups excluding carboxylic acids is 3. The molecule has 7 heteroatoms. The molecule has 0 aromatic heterocycles. The minimum atomic E-state index is -1.84. The van der Waals surface area contributed by atoms with Crippen molar-refractivity contribution in [2.24, 2.45) is 5.92 Å². The monoisotopic (exact) mass is 404 g/mol. The number of piperidine rings is 1. The third-order valence-corrected chi connectivity index (χ3v) is 5.17. The fourth-order valence-corrected chi connectivity index (χ4v) is 3.79. The maximum absolute atomic E-state index is 12.7. The summed E-state index contributed by atoms with van der Waals surface area (Å²) in [6.07, 6.45) is 2.93. The van der Waals surface area contributed by atoms with Crippen molar-refractivity contribution in [3.63, 3.8) is 0 Å². The highest BCUT2D eigenvalue weighted by Crippen LogP contribution is 2.24. The Hall–Kier alpha value is -2.41. The van der Waals surface area contributed by atoms with Crippen molar-refractivity contribution in [1.29, 1.82) is 0 Å². The van der Waals surface area contributed by atoms with Crippen LogP contribution >= 0.6 is 0 Å². The van der Waals surface area contributed by atoms with Crippen LogP contribution in [0.3, 0.4) is 0 Å². The smallest absolute Gasteiger partial charge is 0.345 e. The highest BCUT2D eigenvalue weighted by atomic mass is 16.6. The first kappa shape index (κ1) is 22.9. The van der Waals surface area contributed by atoms with E-state index in [2.05, 4.69) is 17.4 Å². The van der Waals surface area contributed by atoms with Crippen LogP contribution in [-0.2, 0) is 30.3 Å². The molecule has 1 aliphatic heterocycles. The van der Waals surface area contributed by atoms with Crippen molar-refractivity contribution in [3.05, 3.63) is 35.9 Å². The first-order chi connectivity index (χ1) is 13.9. The molecule has 0 bridgehead atoms. The van der Waals surface area contributed by atoms with Crippen LogP contribution in [0.2, 0.25) is 0 Å². The van der Waals surface area contributed by atoms with E-state index in [9.17, 15) is 14.4 Å². The summed E-state index contributed by atoms with van der Waals surface area (Å²) < 4.78 is 10.3. The Bertz CT molecular complexity index is 666. The van der Waals surface area contributed by atoms with E-state index in [0.29, 0.717) is 5.92 Å². The predicted octanol–water partition coefficient (Wildman–Crippen LogP) is 1.94. The lowest BCUT2D eigenvalue weighted by Gasteiger charge is -2.38. The van der Waals surface area contributed by atoms with E-state index in [1.807, 2.05) is 23.1 Å². The zero-order valence-electron chi connectivity index (χ0n) is 17.6. The van der Waals surface area contributed by atoms with Gasteiger partial charge in [-0.1, -0.05) is 30.3 Å². The van der Waals surface area contributed by atoms with Crippen LogP contribution < -0.4 is 5.32 Å². The van der Waals surface area contributed by atoms with Crippen LogP contribution in [0.25, 0.3) is 0 Å². The summed E-state index contributed by atoms with van der Waals surface area (Å²) in [6, 6.07) is 10.4. The average Bonchev–Trinajstić information content (AvgIpc) is 2.69. The third-order valence-electron chi connectivity index (χ3n) is 5.17. The quantitative estimate of drug-likeness (QED) is 0.500. The van der Waals surface area contributed by atoms with E-state index >= 15 is 0 Å². The van der Waals surface area contributed by atoms with Gasteiger partial charge in [-0.25, -0.2) is 9.59 Å². The van der Waals surface area contributed by atoms with Crippen molar-refractivity contribution >= 4 is 17.8 Å². The third kappa shape index (κ3) is 6.29. The summed E-state index contributed by atoms with van der Waals surface area (Å²) in [6.45, 7) is 6.33. The molecule has 7 nitrogen and oxygen atoms in total. The lowest BCUT2D eigenvalue weighted by molar-refractivity contribution is -0.169. The number of likely N-dealkylation sites (tertiary alicyclic amines) is 1. The summed E-state index contributed by atoms with van der Waals surface area (Å²) in [5, 5.41) is 2.53. The summed E-state index contributed by atoms with van der Waals surface area (Å²) >= 11 is 0. The van der Waals surface area contributed by atoms with Gasteiger partial charge in [-0.05, 0) is 57.7 Å². The second kappa shape index (κ2) is 11.0. The Morgan fingerprint density at radius 1 is 1.03 bits per heavy atom. The highest BCUT2D eigenvalue weighted by molar-refractivity contribution is 6.08. The van der Waals surface area contributed by atoms with E-state index in [0.717, 1.165) is 32.4 Å². The number of rotatable bonds is 9. The van der Waals surface area contributed by atoms with Crippen LogP contribution in [0.4, 0.5) is 0 Å². The number of nitrogens with one attached hydrogen (secondary N) is 1. The van der Waals surface area contributed by atoms with Crippen LogP contribution in [0, 0.1) is 5.92 Å². The summed E-state index contributed by atoms with van der Waals surface area (Å²) in [5.41, 5.74) is -0.527. The maximum Gasteiger partial charge on any atom is 0.345 e. The zero-order chi connectivity index (χ0) is 21.3.